The molecule has 1 aromatic rings. The van der Waals surface area contributed by atoms with E-state index in [2.05, 4.69) is 5.32 Å². The van der Waals surface area contributed by atoms with E-state index >= 15 is 0 Å². The molecule has 1 saturated heterocycles. The summed E-state index contributed by atoms with van der Waals surface area (Å²) >= 11 is 0. The van der Waals surface area contributed by atoms with Gasteiger partial charge in [-0.2, -0.15) is 0 Å². The fourth-order valence-electron chi connectivity index (χ4n) is 2.72. The van der Waals surface area contributed by atoms with E-state index in [0.29, 0.717) is 32.7 Å². The van der Waals surface area contributed by atoms with Crippen LogP contribution in [-0.4, -0.2) is 61.3 Å². The van der Waals surface area contributed by atoms with Gasteiger partial charge in [-0.05, 0) is 37.1 Å². The van der Waals surface area contributed by atoms with Crippen LogP contribution in [0.4, 0.5) is 0 Å². The number of nitrogens with zero attached hydrogens (tertiary/aromatic N) is 1. The number of ether oxygens (including phenoxy) is 2. The second kappa shape index (κ2) is 10.9. The zero-order valence-corrected chi connectivity index (χ0v) is 15.1. The maximum Gasteiger partial charge on any atom is 0.320 e. The molecule has 0 spiro atoms. The Morgan fingerprint density at radius 3 is 2.88 bits per heavy atom. The standard InChI is InChI=1S/C17H24N2O5.ClH/c1-23-8-9-24-14-5-2-4-13(10-14)11-18-16(20)12-19-7-3-6-15(19)17(21)22;/h2,4-5,10,15H,3,6-9,11-12H2,1H3,(H,18,20)(H,21,22);1H/t15-;/m0./s1. The number of rotatable bonds is 9. The van der Waals surface area contributed by atoms with E-state index < -0.39 is 12.0 Å². The second-order valence-corrected chi connectivity index (χ2v) is 5.73. The summed E-state index contributed by atoms with van der Waals surface area (Å²) in [5.41, 5.74) is 0.925. The highest BCUT2D eigenvalue weighted by Crippen LogP contribution is 2.17. The Morgan fingerprint density at radius 2 is 2.16 bits per heavy atom. The Kier molecular flexibility index (Phi) is 9.26. The van der Waals surface area contributed by atoms with Crippen molar-refractivity contribution in [2.24, 2.45) is 0 Å². The number of carbonyl (C=O) groups excluding carboxylic acids is 1. The van der Waals surface area contributed by atoms with Crippen molar-refractivity contribution in [2.75, 3.05) is 33.4 Å². The minimum atomic E-state index is -0.860. The van der Waals surface area contributed by atoms with Crippen molar-refractivity contribution in [2.45, 2.75) is 25.4 Å². The lowest BCUT2D eigenvalue weighted by molar-refractivity contribution is -0.142. The molecule has 2 rings (SSSR count). The number of hydrogen-bond acceptors (Lipinski definition) is 5. The Morgan fingerprint density at radius 1 is 1.36 bits per heavy atom. The number of aliphatic carboxylic acids is 1. The minimum absolute atomic E-state index is 0. The fraction of sp³-hybridized carbons (Fsp3) is 0.529. The molecule has 1 aliphatic heterocycles. The lowest BCUT2D eigenvalue weighted by Crippen LogP contribution is -2.42. The summed E-state index contributed by atoms with van der Waals surface area (Å²) in [6.45, 7) is 2.12. The number of nitrogens with one attached hydrogen (secondary N) is 1. The molecule has 1 heterocycles. The molecule has 1 atom stereocenters. The number of hydrogen-bond donors (Lipinski definition) is 2. The number of carbonyl (C=O) groups is 2. The summed E-state index contributed by atoms with van der Waals surface area (Å²) < 4.78 is 10.5. The molecule has 140 valence electrons. The van der Waals surface area contributed by atoms with Crippen molar-refractivity contribution in [3.63, 3.8) is 0 Å². The zero-order valence-electron chi connectivity index (χ0n) is 14.3. The van der Waals surface area contributed by atoms with Crippen LogP contribution in [0.15, 0.2) is 24.3 Å². The lowest BCUT2D eigenvalue weighted by Gasteiger charge is -2.20. The van der Waals surface area contributed by atoms with E-state index in [1.165, 1.54) is 0 Å². The van der Waals surface area contributed by atoms with Crippen molar-refractivity contribution >= 4 is 24.3 Å². The second-order valence-electron chi connectivity index (χ2n) is 5.73. The van der Waals surface area contributed by atoms with E-state index in [9.17, 15) is 9.59 Å². The van der Waals surface area contributed by atoms with Gasteiger partial charge in [0.25, 0.3) is 0 Å². The average molecular weight is 373 g/mol. The number of amides is 1. The monoisotopic (exact) mass is 372 g/mol. The van der Waals surface area contributed by atoms with E-state index in [0.717, 1.165) is 17.7 Å². The van der Waals surface area contributed by atoms with Crippen LogP contribution < -0.4 is 10.1 Å². The molecule has 0 radical (unpaired) electrons. The quantitative estimate of drug-likeness (QED) is 0.635. The molecule has 0 saturated carbocycles. The molecule has 25 heavy (non-hydrogen) atoms. The fourth-order valence-corrected chi connectivity index (χ4v) is 2.72. The Bertz CT molecular complexity index is 570. The summed E-state index contributed by atoms with van der Waals surface area (Å²) in [6, 6.07) is 6.94. The van der Waals surface area contributed by atoms with E-state index in [1.807, 2.05) is 24.3 Å². The van der Waals surface area contributed by atoms with E-state index in [-0.39, 0.29) is 24.9 Å². The third-order valence-corrected chi connectivity index (χ3v) is 3.94. The third kappa shape index (κ3) is 6.89. The van der Waals surface area contributed by atoms with Gasteiger partial charge in [-0.25, -0.2) is 0 Å². The first-order valence-electron chi connectivity index (χ1n) is 8.04. The molecule has 0 unspecified atom stereocenters. The van der Waals surface area contributed by atoms with Gasteiger partial charge >= 0.3 is 5.97 Å². The highest BCUT2D eigenvalue weighted by Gasteiger charge is 2.31. The Hall–Kier alpha value is -1.83. The van der Waals surface area contributed by atoms with Gasteiger partial charge in [0.05, 0.1) is 13.2 Å². The smallest absolute Gasteiger partial charge is 0.320 e. The molecule has 7 nitrogen and oxygen atoms in total. The molecule has 0 aromatic heterocycles. The number of halogens is 1. The summed E-state index contributed by atoms with van der Waals surface area (Å²) in [6.07, 6.45) is 1.41. The molecule has 1 aliphatic rings. The van der Waals surface area contributed by atoms with Crippen LogP contribution in [0.5, 0.6) is 5.75 Å². The summed E-state index contributed by atoms with van der Waals surface area (Å²) in [5, 5.41) is 12.0. The normalized spacial score (nSPS) is 16.9. The zero-order chi connectivity index (χ0) is 17.4. The van der Waals surface area contributed by atoms with Crippen molar-refractivity contribution in [1.29, 1.82) is 0 Å². The molecule has 1 amide bonds. The van der Waals surface area contributed by atoms with Gasteiger partial charge in [-0.3, -0.25) is 14.5 Å². The number of methoxy groups -OCH3 is 1. The van der Waals surface area contributed by atoms with Crippen molar-refractivity contribution in [3.8, 4) is 5.75 Å². The topological polar surface area (TPSA) is 88.1 Å². The Balaban J connectivity index is 0.00000312. The van der Waals surface area contributed by atoms with Crippen LogP contribution in [0, 0.1) is 0 Å². The predicted molar refractivity (Wildman–Crippen MR) is 95.1 cm³/mol. The van der Waals surface area contributed by atoms with Crippen LogP contribution in [0.25, 0.3) is 0 Å². The summed E-state index contributed by atoms with van der Waals surface area (Å²) in [4.78, 5) is 24.9. The van der Waals surface area contributed by atoms with Crippen LogP contribution in [-0.2, 0) is 20.9 Å². The molecule has 0 bridgehead atoms. The molecular weight excluding hydrogens is 348 g/mol. The highest BCUT2D eigenvalue weighted by molar-refractivity contribution is 5.85. The van der Waals surface area contributed by atoms with Crippen LogP contribution in [0.3, 0.4) is 0 Å². The number of likely N-dealkylation sites (tertiary alicyclic amines) is 1. The third-order valence-electron chi connectivity index (χ3n) is 3.94. The van der Waals surface area contributed by atoms with Gasteiger partial charge in [0, 0.05) is 13.7 Å². The van der Waals surface area contributed by atoms with Crippen LogP contribution in [0.1, 0.15) is 18.4 Å². The first-order chi connectivity index (χ1) is 11.6. The number of benzene rings is 1. The molecule has 8 heteroatoms. The van der Waals surface area contributed by atoms with Crippen molar-refractivity contribution < 1.29 is 24.2 Å². The predicted octanol–water partition coefficient (Wildman–Crippen LogP) is 1.30. The van der Waals surface area contributed by atoms with Gasteiger partial charge in [0.1, 0.15) is 18.4 Å². The minimum Gasteiger partial charge on any atom is -0.491 e. The van der Waals surface area contributed by atoms with Gasteiger partial charge < -0.3 is 19.9 Å². The molecule has 1 aromatic carbocycles. The molecule has 1 fully saturated rings. The Labute approximate surface area is 153 Å². The van der Waals surface area contributed by atoms with E-state index in [4.69, 9.17) is 14.6 Å². The highest BCUT2D eigenvalue weighted by atomic mass is 35.5. The maximum atomic E-state index is 12.0. The van der Waals surface area contributed by atoms with Crippen LogP contribution in [0.2, 0.25) is 0 Å². The SMILES string of the molecule is COCCOc1cccc(CNC(=O)CN2CCC[C@H]2C(=O)O)c1.Cl. The molecule has 2 N–H and O–H groups in total. The van der Waals surface area contributed by atoms with Gasteiger partial charge in [-0.1, -0.05) is 12.1 Å². The molecule has 0 aliphatic carbocycles. The summed E-state index contributed by atoms with van der Waals surface area (Å²) in [7, 11) is 1.62. The van der Waals surface area contributed by atoms with E-state index in [1.54, 1.807) is 12.0 Å². The number of carboxylic acids is 1. The van der Waals surface area contributed by atoms with Crippen molar-refractivity contribution in [3.05, 3.63) is 29.8 Å². The first-order valence-corrected chi connectivity index (χ1v) is 8.04. The van der Waals surface area contributed by atoms with Gasteiger partial charge in [0.15, 0.2) is 0 Å². The summed E-state index contributed by atoms with van der Waals surface area (Å²) in [5.74, 6) is -0.306. The van der Waals surface area contributed by atoms with Crippen LogP contribution >= 0.6 is 12.4 Å². The van der Waals surface area contributed by atoms with Crippen molar-refractivity contribution in [1.82, 2.24) is 10.2 Å². The molecular formula is C17H25ClN2O5. The maximum absolute atomic E-state index is 12.0. The van der Waals surface area contributed by atoms with Gasteiger partial charge in [-0.15, -0.1) is 12.4 Å². The first kappa shape index (κ1) is 21.2. The number of carboxylic acid groups (broad SMARTS) is 1. The van der Waals surface area contributed by atoms with Gasteiger partial charge in [0.2, 0.25) is 5.91 Å². The average Bonchev–Trinajstić information content (AvgIpc) is 3.02. The largest absolute Gasteiger partial charge is 0.491 e. The lowest BCUT2D eigenvalue weighted by atomic mass is 10.2.